The summed E-state index contributed by atoms with van der Waals surface area (Å²) in [7, 11) is 2.81. The van der Waals surface area contributed by atoms with E-state index < -0.39 is 10.8 Å². The van der Waals surface area contributed by atoms with Crippen molar-refractivity contribution in [3.8, 4) is 0 Å². The number of amides is 1. The summed E-state index contributed by atoms with van der Waals surface area (Å²) in [5, 5.41) is 3.51. The molecule has 96 valence electrons. The summed E-state index contributed by atoms with van der Waals surface area (Å²) in [6, 6.07) is 0. The molecule has 0 fully saturated rings. The molecule has 0 aromatic heterocycles. The molecular weight excluding hydrogens is 224 g/mol. The van der Waals surface area contributed by atoms with Gasteiger partial charge in [-0.1, -0.05) is 6.92 Å². The third-order valence-corrected chi connectivity index (χ3v) is 3.91. The van der Waals surface area contributed by atoms with Crippen molar-refractivity contribution in [1.82, 2.24) is 10.2 Å². The highest BCUT2D eigenvalue weighted by Crippen LogP contribution is 1.97. The highest BCUT2D eigenvalue weighted by molar-refractivity contribution is 7.84. The second-order valence-corrected chi connectivity index (χ2v) is 6.04. The molecule has 0 bridgehead atoms. The third-order valence-electron chi connectivity index (χ3n) is 2.54. The Morgan fingerprint density at radius 3 is 2.50 bits per heavy atom. The second-order valence-electron chi connectivity index (χ2n) is 4.24. The van der Waals surface area contributed by atoms with E-state index in [4.69, 9.17) is 0 Å². The smallest absolute Gasteiger partial charge is 0.222 e. The Hall–Kier alpha value is -0.420. The van der Waals surface area contributed by atoms with Crippen molar-refractivity contribution in [2.75, 3.05) is 33.4 Å². The number of rotatable bonds is 8. The van der Waals surface area contributed by atoms with E-state index in [2.05, 4.69) is 5.32 Å². The first kappa shape index (κ1) is 15.6. The number of hydrogen-bond acceptors (Lipinski definition) is 3. The minimum Gasteiger partial charge on any atom is -0.349 e. The normalized spacial score (nSPS) is 14.5. The average molecular weight is 248 g/mol. The molecular formula is C11H24N2O2S. The molecule has 4 nitrogen and oxygen atoms in total. The van der Waals surface area contributed by atoms with Crippen molar-refractivity contribution in [1.29, 1.82) is 0 Å². The van der Waals surface area contributed by atoms with Gasteiger partial charge in [0, 0.05) is 42.8 Å². The van der Waals surface area contributed by atoms with Crippen LogP contribution in [0.15, 0.2) is 0 Å². The maximum Gasteiger partial charge on any atom is 0.222 e. The van der Waals surface area contributed by atoms with Gasteiger partial charge in [0.2, 0.25) is 5.91 Å². The lowest BCUT2D eigenvalue weighted by molar-refractivity contribution is -0.128. The molecule has 0 saturated heterocycles. The van der Waals surface area contributed by atoms with Crippen LogP contribution < -0.4 is 5.32 Å². The van der Waals surface area contributed by atoms with Crippen LogP contribution in [0.4, 0.5) is 0 Å². The van der Waals surface area contributed by atoms with Crippen molar-refractivity contribution >= 4 is 16.7 Å². The van der Waals surface area contributed by atoms with E-state index in [1.807, 2.05) is 6.92 Å². The summed E-state index contributed by atoms with van der Waals surface area (Å²) in [5.74, 6) is 0.171. The van der Waals surface area contributed by atoms with Gasteiger partial charge in [0.15, 0.2) is 0 Å². The Balaban J connectivity index is 3.34. The summed E-state index contributed by atoms with van der Waals surface area (Å²) >= 11 is 0. The van der Waals surface area contributed by atoms with Gasteiger partial charge in [-0.25, -0.2) is 0 Å². The number of nitrogens with zero attached hydrogens (tertiary/aromatic N) is 1. The Kier molecular flexibility index (Phi) is 8.47. The van der Waals surface area contributed by atoms with Gasteiger partial charge < -0.3 is 10.2 Å². The lowest BCUT2D eigenvalue weighted by atomic mass is 10.2. The molecule has 0 aliphatic carbocycles. The van der Waals surface area contributed by atoms with Crippen LogP contribution in [-0.4, -0.2) is 53.7 Å². The van der Waals surface area contributed by atoms with Gasteiger partial charge in [0.1, 0.15) is 0 Å². The standard InChI is InChI=1S/C11H24N2O2S/c1-10(16(4)15)7-9-12-8-5-6-11(14)13(2)3/h10,12H,5-9H2,1-4H3. The highest BCUT2D eigenvalue weighted by Gasteiger charge is 2.05. The zero-order valence-electron chi connectivity index (χ0n) is 10.8. The van der Waals surface area contributed by atoms with E-state index in [0.717, 1.165) is 25.9 Å². The minimum atomic E-state index is -0.732. The molecule has 0 aromatic carbocycles. The summed E-state index contributed by atoms with van der Waals surface area (Å²) in [4.78, 5) is 12.8. The van der Waals surface area contributed by atoms with Crippen LogP contribution in [0.1, 0.15) is 26.2 Å². The fourth-order valence-electron chi connectivity index (χ4n) is 1.18. The maximum atomic E-state index is 11.2. The molecule has 1 N–H and O–H groups in total. The first-order valence-corrected chi connectivity index (χ1v) is 7.30. The first-order valence-electron chi connectivity index (χ1n) is 5.68. The van der Waals surface area contributed by atoms with Gasteiger partial charge in [0.25, 0.3) is 0 Å². The largest absolute Gasteiger partial charge is 0.349 e. The SMILES string of the molecule is CC(CCNCCCC(=O)N(C)C)S(C)=O. The zero-order chi connectivity index (χ0) is 12.6. The molecule has 0 aromatic rings. The summed E-state index contributed by atoms with van der Waals surface area (Å²) < 4.78 is 11.1. The molecule has 5 heteroatoms. The van der Waals surface area contributed by atoms with Crippen LogP contribution in [0.25, 0.3) is 0 Å². The molecule has 2 atom stereocenters. The molecule has 0 radical (unpaired) electrons. The molecule has 2 unspecified atom stereocenters. The number of carbonyl (C=O) groups excluding carboxylic acids is 1. The molecule has 0 saturated carbocycles. The van der Waals surface area contributed by atoms with E-state index >= 15 is 0 Å². The van der Waals surface area contributed by atoms with Crippen molar-refractivity contribution in [3.63, 3.8) is 0 Å². The molecule has 0 aliphatic heterocycles. The molecule has 16 heavy (non-hydrogen) atoms. The Labute approximate surface area is 101 Å². The number of carbonyl (C=O) groups is 1. The summed E-state index contributed by atoms with van der Waals surface area (Å²) in [5.41, 5.74) is 0. The van der Waals surface area contributed by atoms with Crippen LogP contribution in [-0.2, 0) is 15.6 Å². The van der Waals surface area contributed by atoms with Gasteiger partial charge >= 0.3 is 0 Å². The van der Waals surface area contributed by atoms with Crippen LogP contribution >= 0.6 is 0 Å². The van der Waals surface area contributed by atoms with Crippen molar-refractivity contribution < 1.29 is 9.00 Å². The van der Waals surface area contributed by atoms with E-state index in [-0.39, 0.29) is 11.2 Å². The molecule has 0 spiro atoms. The lowest BCUT2D eigenvalue weighted by Gasteiger charge is -2.11. The van der Waals surface area contributed by atoms with E-state index in [1.54, 1.807) is 25.3 Å². The Bertz CT molecular complexity index is 232. The van der Waals surface area contributed by atoms with Crippen LogP contribution in [0, 0.1) is 0 Å². The number of nitrogens with one attached hydrogen (secondary N) is 1. The van der Waals surface area contributed by atoms with Gasteiger partial charge in [0.05, 0.1) is 0 Å². The van der Waals surface area contributed by atoms with Gasteiger partial charge in [-0.3, -0.25) is 9.00 Å². The van der Waals surface area contributed by atoms with E-state index in [0.29, 0.717) is 6.42 Å². The molecule has 0 aliphatic rings. The maximum absolute atomic E-state index is 11.2. The Morgan fingerprint density at radius 1 is 1.38 bits per heavy atom. The molecule has 0 rings (SSSR count). The summed E-state index contributed by atoms with van der Waals surface area (Å²) in [6.45, 7) is 3.72. The fraction of sp³-hybridized carbons (Fsp3) is 0.909. The van der Waals surface area contributed by atoms with E-state index in [9.17, 15) is 9.00 Å². The van der Waals surface area contributed by atoms with Crippen molar-refractivity contribution in [2.24, 2.45) is 0 Å². The fourth-order valence-corrected chi connectivity index (χ4v) is 1.63. The number of hydrogen-bond donors (Lipinski definition) is 1. The zero-order valence-corrected chi connectivity index (χ0v) is 11.6. The first-order chi connectivity index (χ1) is 7.45. The van der Waals surface area contributed by atoms with Crippen molar-refractivity contribution in [3.05, 3.63) is 0 Å². The highest BCUT2D eigenvalue weighted by atomic mass is 32.2. The van der Waals surface area contributed by atoms with E-state index in [1.165, 1.54) is 0 Å². The third kappa shape index (κ3) is 7.82. The second kappa shape index (κ2) is 8.70. The molecule has 1 amide bonds. The summed E-state index contributed by atoms with van der Waals surface area (Å²) in [6.07, 6.45) is 4.11. The quantitative estimate of drug-likeness (QED) is 0.640. The topological polar surface area (TPSA) is 49.4 Å². The Morgan fingerprint density at radius 2 is 2.00 bits per heavy atom. The van der Waals surface area contributed by atoms with Crippen LogP contribution in [0.5, 0.6) is 0 Å². The predicted molar refractivity (Wildman–Crippen MR) is 68.9 cm³/mol. The van der Waals surface area contributed by atoms with Crippen LogP contribution in [0.3, 0.4) is 0 Å². The lowest BCUT2D eigenvalue weighted by Crippen LogP contribution is -2.25. The predicted octanol–water partition coefficient (Wildman–Crippen LogP) is 0.602. The van der Waals surface area contributed by atoms with Gasteiger partial charge in [-0.2, -0.15) is 0 Å². The van der Waals surface area contributed by atoms with Gasteiger partial charge in [-0.15, -0.1) is 0 Å². The van der Waals surface area contributed by atoms with Crippen molar-refractivity contribution in [2.45, 2.75) is 31.4 Å². The minimum absolute atomic E-state index is 0.171. The average Bonchev–Trinajstić information content (AvgIpc) is 2.21. The molecule has 0 heterocycles. The monoisotopic (exact) mass is 248 g/mol. The van der Waals surface area contributed by atoms with Gasteiger partial charge in [-0.05, 0) is 25.9 Å². The van der Waals surface area contributed by atoms with Crippen LogP contribution in [0.2, 0.25) is 0 Å².